The quantitative estimate of drug-likeness (QED) is 0.0261. The lowest BCUT2D eigenvalue weighted by Gasteiger charge is -2.18. The predicted octanol–water partition coefficient (Wildman–Crippen LogP) is 23.2. The second-order valence-corrected chi connectivity index (χ2v) is 23.1. The molecule has 0 aromatic rings. The van der Waals surface area contributed by atoms with Crippen LogP contribution in [-0.4, -0.2) is 37.2 Å². The Hall–Kier alpha value is -2.37. The highest BCUT2D eigenvalue weighted by atomic mass is 16.6. The van der Waals surface area contributed by atoms with Gasteiger partial charge in [-0.25, -0.2) is 0 Å². The van der Waals surface area contributed by atoms with Gasteiger partial charge in [0.1, 0.15) is 13.2 Å². The molecule has 0 radical (unpaired) electrons. The molecule has 446 valence electrons. The molecule has 0 aromatic carbocycles. The third kappa shape index (κ3) is 62.5. The Morgan fingerprint density at radius 2 is 0.487 bits per heavy atom. The van der Waals surface area contributed by atoms with Crippen molar-refractivity contribution in [1.82, 2.24) is 0 Å². The molecule has 0 spiro atoms. The summed E-state index contributed by atoms with van der Waals surface area (Å²) in [4.78, 5) is 38.2. The molecule has 0 saturated heterocycles. The zero-order valence-electron chi connectivity index (χ0n) is 51.3. The summed E-state index contributed by atoms with van der Waals surface area (Å²) in [6.07, 6.45) is 80.5. The molecule has 0 rings (SSSR count). The second kappa shape index (κ2) is 65.2. The van der Waals surface area contributed by atoms with Crippen molar-refractivity contribution in [3.8, 4) is 0 Å². The maximum absolute atomic E-state index is 12.9. The third-order valence-electron chi connectivity index (χ3n) is 15.4. The third-order valence-corrected chi connectivity index (χ3v) is 15.4. The van der Waals surface area contributed by atoms with Crippen LogP contribution in [0, 0.1) is 0 Å². The number of hydrogen-bond acceptors (Lipinski definition) is 6. The molecule has 1 unspecified atom stereocenters. The molecular weight excluding hydrogens is 937 g/mol. The van der Waals surface area contributed by atoms with E-state index in [1.165, 1.54) is 244 Å². The van der Waals surface area contributed by atoms with Gasteiger partial charge in [0.2, 0.25) is 0 Å². The lowest BCUT2D eigenvalue weighted by atomic mass is 10.0. The van der Waals surface area contributed by atoms with E-state index in [4.69, 9.17) is 14.2 Å². The van der Waals surface area contributed by atoms with Gasteiger partial charge in [0, 0.05) is 19.3 Å². The van der Waals surface area contributed by atoms with E-state index in [9.17, 15) is 14.4 Å². The minimum Gasteiger partial charge on any atom is -0.462 e. The lowest BCUT2D eigenvalue weighted by Crippen LogP contribution is -2.30. The predicted molar refractivity (Wildman–Crippen MR) is 330 cm³/mol. The molecule has 0 aliphatic rings. The van der Waals surface area contributed by atoms with E-state index in [2.05, 4.69) is 57.2 Å². The first kappa shape index (κ1) is 73.6. The molecule has 0 aliphatic heterocycles. The van der Waals surface area contributed by atoms with Crippen LogP contribution < -0.4 is 0 Å². The fraction of sp³-hybridized carbons (Fsp3) is 0.871. The minimum absolute atomic E-state index is 0.0768. The molecular formula is C70H130O6. The van der Waals surface area contributed by atoms with Crippen molar-refractivity contribution in [3.63, 3.8) is 0 Å². The van der Waals surface area contributed by atoms with Crippen molar-refractivity contribution >= 4 is 17.9 Å². The molecule has 0 aromatic heterocycles. The van der Waals surface area contributed by atoms with Crippen LogP contribution >= 0.6 is 0 Å². The van der Waals surface area contributed by atoms with Gasteiger partial charge in [-0.2, -0.15) is 0 Å². The molecule has 0 saturated carbocycles. The SMILES string of the molecule is CCCC/C=C\C/C=C\CCCCCCCC(=O)OC(COC(=O)CCCCCCC/C=C\CCCCC)COC(=O)CCCCCCCCCCCCCCCCCCCCCCCCCCCCCCCCCC. The molecule has 0 bridgehead atoms. The summed E-state index contributed by atoms with van der Waals surface area (Å²) in [5.74, 6) is -0.880. The Labute approximate surface area is 474 Å². The van der Waals surface area contributed by atoms with Crippen LogP contribution in [-0.2, 0) is 28.6 Å². The fourth-order valence-corrected chi connectivity index (χ4v) is 10.2. The smallest absolute Gasteiger partial charge is 0.306 e. The molecule has 0 fully saturated rings. The summed E-state index contributed by atoms with van der Waals surface area (Å²) in [6, 6.07) is 0. The van der Waals surface area contributed by atoms with E-state index in [0.717, 1.165) is 89.9 Å². The van der Waals surface area contributed by atoms with Crippen molar-refractivity contribution in [2.24, 2.45) is 0 Å². The highest BCUT2D eigenvalue weighted by Gasteiger charge is 2.19. The lowest BCUT2D eigenvalue weighted by molar-refractivity contribution is -0.167. The fourth-order valence-electron chi connectivity index (χ4n) is 10.2. The average molecular weight is 1070 g/mol. The van der Waals surface area contributed by atoms with Crippen LogP contribution in [0.2, 0.25) is 0 Å². The maximum Gasteiger partial charge on any atom is 0.306 e. The van der Waals surface area contributed by atoms with Crippen LogP contribution in [0.25, 0.3) is 0 Å². The topological polar surface area (TPSA) is 78.9 Å². The van der Waals surface area contributed by atoms with Crippen molar-refractivity contribution < 1.29 is 28.6 Å². The first-order chi connectivity index (χ1) is 37.5. The van der Waals surface area contributed by atoms with Gasteiger partial charge in [-0.15, -0.1) is 0 Å². The summed E-state index contributed by atoms with van der Waals surface area (Å²) in [5.41, 5.74) is 0. The zero-order chi connectivity index (χ0) is 55.0. The minimum atomic E-state index is -0.781. The Balaban J connectivity index is 4.06. The van der Waals surface area contributed by atoms with Crippen molar-refractivity contribution in [2.75, 3.05) is 13.2 Å². The number of allylic oxidation sites excluding steroid dienone is 6. The van der Waals surface area contributed by atoms with Crippen molar-refractivity contribution in [2.45, 2.75) is 380 Å². The van der Waals surface area contributed by atoms with E-state index < -0.39 is 6.10 Å². The summed E-state index contributed by atoms with van der Waals surface area (Å²) in [7, 11) is 0. The van der Waals surface area contributed by atoms with Crippen molar-refractivity contribution in [3.05, 3.63) is 36.5 Å². The number of carbonyl (C=O) groups excluding carboxylic acids is 3. The zero-order valence-corrected chi connectivity index (χ0v) is 51.3. The number of rotatable bonds is 63. The molecule has 6 heteroatoms. The van der Waals surface area contributed by atoms with Gasteiger partial charge in [0.15, 0.2) is 6.10 Å². The second-order valence-electron chi connectivity index (χ2n) is 23.1. The molecule has 0 N–H and O–H groups in total. The van der Waals surface area contributed by atoms with Gasteiger partial charge in [-0.1, -0.05) is 320 Å². The standard InChI is InChI=1S/C70H130O6/c1-4-7-10-13-16-19-22-25-27-28-29-30-31-32-33-34-35-36-37-38-39-40-41-42-43-44-46-48-51-54-57-60-63-69(72)75-66-67(65-74-68(71)62-59-56-53-50-47-24-21-18-15-12-9-6-3)76-70(73)64-61-58-55-52-49-45-26-23-20-17-14-11-8-5-2/h14,17-18,21,23,26,67H,4-13,15-16,19-20,22,24-25,27-66H2,1-3H3/b17-14-,21-18-,26-23-. The largest absolute Gasteiger partial charge is 0.462 e. The molecule has 0 amide bonds. The Morgan fingerprint density at radius 1 is 0.263 bits per heavy atom. The molecule has 0 aliphatic carbocycles. The van der Waals surface area contributed by atoms with E-state index in [1.807, 2.05) is 0 Å². The first-order valence-corrected chi connectivity index (χ1v) is 34.0. The summed E-state index contributed by atoms with van der Waals surface area (Å²) >= 11 is 0. The number of ether oxygens (including phenoxy) is 3. The maximum atomic E-state index is 12.9. The highest BCUT2D eigenvalue weighted by molar-refractivity contribution is 5.71. The van der Waals surface area contributed by atoms with Crippen molar-refractivity contribution in [1.29, 1.82) is 0 Å². The van der Waals surface area contributed by atoms with Gasteiger partial charge < -0.3 is 14.2 Å². The molecule has 6 nitrogen and oxygen atoms in total. The molecule has 1 atom stereocenters. The Morgan fingerprint density at radius 3 is 0.803 bits per heavy atom. The Bertz CT molecular complexity index is 1270. The summed E-state index contributed by atoms with van der Waals surface area (Å²) in [5, 5.41) is 0. The summed E-state index contributed by atoms with van der Waals surface area (Å²) < 4.78 is 16.9. The summed E-state index contributed by atoms with van der Waals surface area (Å²) in [6.45, 7) is 6.61. The highest BCUT2D eigenvalue weighted by Crippen LogP contribution is 2.18. The van der Waals surface area contributed by atoms with Crippen LogP contribution in [0.3, 0.4) is 0 Å². The van der Waals surface area contributed by atoms with Crippen LogP contribution in [0.4, 0.5) is 0 Å². The first-order valence-electron chi connectivity index (χ1n) is 34.0. The van der Waals surface area contributed by atoms with Crippen LogP contribution in [0.15, 0.2) is 36.5 Å². The molecule has 0 heterocycles. The average Bonchev–Trinajstić information content (AvgIpc) is 3.42. The van der Waals surface area contributed by atoms with Crippen LogP contribution in [0.1, 0.15) is 374 Å². The van der Waals surface area contributed by atoms with Gasteiger partial charge in [-0.05, 0) is 70.6 Å². The van der Waals surface area contributed by atoms with Crippen LogP contribution in [0.5, 0.6) is 0 Å². The van der Waals surface area contributed by atoms with E-state index >= 15 is 0 Å². The number of esters is 3. The number of hydrogen-bond donors (Lipinski definition) is 0. The normalized spacial score (nSPS) is 12.2. The van der Waals surface area contributed by atoms with Gasteiger partial charge in [-0.3, -0.25) is 14.4 Å². The van der Waals surface area contributed by atoms with Gasteiger partial charge in [0.25, 0.3) is 0 Å². The van der Waals surface area contributed by atoms with Gasteiger partial charge >= 0.3 is 17.9 Å². The van der Waals surface area contributed by atoms with E-state index in [1.54, 1.807) is 0 Å². The molecule has 76 heavy (non-hydrogen) atoms. The Kier molecular flexibility index (Phi) is 63.1. The monoisotopic (exact) mass is 1070 g/mol. The number of carbonyl (C=O) groups is 3. The van der Waals surface area contributed by atoms with E-state index in [0.29, 0.717) is 19.3 Å². The van der Waals surface area contributed by atoms with Gasteiger partial charge in [0.05, 0.1) is 0 Å². The number of unbranched alkanes of at least 4 members (excludes halogenated alkanes) is 46. The van der Waals surface area contributed by atoms with E-state index in [-0.39, 0.29) is 31.1 Å².